The van der Waals surface area contributed by atoms with Gasteiger partial charge in [-0.15, -0.1) is 0 Å². The Kier molecular flexibility index (Phi) is 21.6. The topological polar surface area (TPSA) is 301 Å². The number of amides is 7. The Morgan fingerprint density at radius 2 is 1.39 bits per heavy atom. The maximum absolute atomic E-state index is 14.2. The molecule has 2 heterocycles. The van der Waals surface area contributed by atoms with Crippen molar-refractivity contribution in [2.75, 3.05) is 13.1 Å². The number of phenolic OH excluding ortho intramolecular Hbond substituents is 1. The number of aliphatic hydroxyl groups is 1. The predicted octanol–water partition coefficient (Wildman–Crippen LogP) is 2.33. The van der Waals surface area contributed by atoms with Gasteiger partial charge in [-0.05, 0) is 75.6 Å². The average Bonchev–Trinajstić information content (AvgIpc) is 4.03. The van der Waals surface area contributed by atoms with Gasteiger partial charge < -0.3 is 56.8 Å². The molecule has 2 saturated heterocycles. The first-order valence-electron chi connectivity index (χ1n) is 23.7. The van der Waals surface area contributed by atoms with Crippen LogP contribution >= 0.6 is 0 Å². The zero-order chi connectivity index (χ0) is 50.6. The number of hydrogen-bond acceptors (Lipinski definition) is 11. The van der Waals surface area contributed by atoms with Gasteiger partial charge in [-0.1, -0.05) is 87.6 Å². The van der Waals surface area contributed by atoms with Crippen LogP contribution in [0, 0.1) is 0 Å². The lowest BCUT2D eigenvalue weighted by Crippen LogP contribution is -2.57. The summed E-state index contributed by atoms with van der Waals surface area (Å²) in [4.78, 5) is 122. The molecule has 376 valence electrons. The molecule has 20 nitrogen and oxygen atoms in total. The molecule has 0 unspecified atom stereocenters. The molecular formula is C49H67N7O13. The summed E-state index contributed by atoms with van der Waals surface area (Å²) in [5.74, 6) is -8.03. The predicted molar refractivity (Wildman–Crippen MR) is 250 cm³/mol. The first-order valence-corrected chi connectivity index (χ1v) is 23.7. The Balaban J connectivity index is 1.46. The molecule has 0 saturated carbocycles. The first kappa shape index (κ1) is 54.8. The molecule has 20 heteroatoms. The van der Waals surface area contributed by atoms with Crippen LogP contribution in [0.4, 0.5) is 0 Å². The summed E-state index contributed by atoms with van der Waals surface area (Å²) in [7, 11) is 0. The lowest BCUT2D eigenvalue weighted by Gasteiger charge is -2.29. The lowest BCUT2D eigenvalue weighted by molar-refractivity contribution is -0.149. The minimum atomic E-state index is -1.52. The van der Waals surface area contributed by atoms with Crippen LogP contribution < -0.4 is 26.6 Å². The van der Waals surface area contributed by atoms with Crippen LogP contribution in [0.1, 0.15) is 121 Å². The molecule has 9 N–H and O–H groups in total. The number of carboxylic acid groups (broad SMARTS) is 2. The lowest BCUT2D eigenvalue weighted by atomic mass is 10.0. The van der Waals surface area contributed by atoms with Gasteiger partial charge in [0, 0.05) is 25.9 Å². The summed E-state index contributed by atoms with van der Waals surface area (Å²) in [5.41, 5.74) is 0.717. The van der Waals surface area contributed by atoms with Crippen LogP contribution in [0.15, 0.2) is 66.4 Å². The molecule has 2 aromatic carbocycles. The fourth-order valence-corrected chi connectivity index (χ4v) is 8.40. The molecule has 0 spiro atoms. The number of carboxylic acids is 2. The van der Waals surface area contributed by atoms with Gasteiger partial charge in [0.15, 0.2) is 0 Å². The molecule has 4 rings (SSSR count). The number of allylic oxidation sites excluding steroid dienone is 1. The SMILES string of the molecule is C/C=C(\NC(=O)C[C@H](O)CCCCCCC)C(=O)N1CCC[C@@H]1C(=O)N[C@@H](CCC(=O)O)C(=O)N[C@@H](C)C(=O)N[C@@H](C(=O)N[C@@H](Cc1ccccc1)C(=O)N1CCC[C@H]1C(=O)O)c1ccc(O)cc1. The van der Waals surface area contributed by atoms with Gasteiger partial charge >= 0.3 is 11.9 Å². The number of aliphatic hydroxyl groups excluding tert-OH is 1. The number of phenols is 1. The Morgan fingerprint density at radius 3 is 2.03 bits per heavy atom. The molecule has 2 aliphatic heterocycles. The van der Waals surface area contributed by atoms with Crippen LogP contribution in [0.5, 0.6) is 5.75 Å². The summed E-state index contributed by atoms with van der Waals surface area (Å²) < 4.78 is 0. The Morgan fingerprint density at radius 1 is 0.739 bits per heavy atom. The third kappa shape index (κ3) is 16.7. The zero-order valence-electron chi connectivity index (χ0n) is 39.5. The smallest absolute Gasteiger partial charge is 0.326 e. The highest BCUT2D eigenvalue weighted by molar-refractivity contribution is 6.01. The van der Waals surface area contributed by atoms with Crippen LogP contribution in [0.25, 0.3) is 0 Å². The number of aromatic hydroxyl groups is 1. The zero-order valence-corrected chi connectivity index (χ0v) is 39.5. The van der Waals surface area contributed by atoms with Crippen LogP contribution in [-0.2, 0) is 49.6 Å². The summed E-state index contributed by atoms with van der Waals surface area (Å²) in [6, 6.07) is 6.06. The number of benzene rings is 2. The van der Waals surface area contributed by atoms with E-state index in [1.807, 2.05) is 0 Å². The monoisotopic (exact) mass is 961 g/mol. The molecule has 69 heavy (non-hydrogen) atoms. The number of aliphatic carboxylic acids is 2. The molecule has 0 radical (unpaired) electrons. The summed E-state index contributed by atoms with van der Waals surface area (Å²) >= 11 is 0. The highest BCUT2D eigenvalue weighted by atomic mass is 16.4. The van der Waals surface area contributed by atoms with Crippen molar-refractivity contribution in [2.45, 2.75) is 153 Å². The number of nitrogens with one attached hydrogen (secondary N) is 5. The van der Waals surface area contributed by atoms with Gasteiger partial charge in [0.25, 0.3) is 5.91 Å². The minimum Gasteiger partial charge on any atom is -0.508 e. The van der Waals surface area contributed by atoms with Crippen molar-refractivity contribution in [2.24, 2.45) is 0 Å². The summed E-state index contributed by atoms with van der Waals surface area (Å²) in [5, 5.41) is 52.5. The average molecular weight is 962 g/mol. The number of rotatable bonds is 26. The molecule has 7 atom stereocenters. The maximum Gasteiger partial charge on any atom is 0.326 e. The van der Waals surface area contributed by atoms with E-state index in [-0.39, 0.29) is 55.8 Å². The fourth-order valence-electron chi connectivity index (χ4n) is 8.40. The Hall–Kier alpha value is -6.83. The highest BCUT2D eigenvalue weighted by Gasteiger charge is 2.40. The van der Waals surface area contributed by atoms with Gasteiger partial charge in [-0.3, -0.25) is 38.4 Å². The molecule has 2 aliphatic rings. The van der Waals surface area contributed by atoms with Crippen molar-refractivity contribution < 1.29 is 63.6 Å². The van der Waals surface area contributed by atoms with E-state index in [1.54, 1.807) is 30.3 Å². The largest absolute Gasteiger partial charge is 0.508 e. The number of carbonyl (C=O) groups is 9. The normalized spacial score (nSPS) is 17.9. The van der Waals surface area contributed by atoms with Gasteiger partial charge in [0.1, 0.15) is 47.7 Å². The van der Waals surface area contributed by atoms with Gasteiger partial charge in [0.05, 0.1) is 12.5 Å². The molecule has 2 aromatic rings. The second kappa shape index (κ2) is 27.2. The van der Waals surface area contributed by atoms with Crippen molar-refractivity contribution >= 4 is 53.3 Å². The van der Waals surface area contributed by atoms with Crippen molar-refractivity contribution in [3.05, 3.63) is 77.5 Å². The molecular weight excluding hydrogens is 895 g/mol. The summed E-state index contributed by atoms with van der Waals surface area (Å²) in [6.45, 7) is 5.20. The second-order valence-corrected chi connectivity index (χ2v) is 17.5. The molecule has 0 aliphatic carbocycles. The first-order chi connectivity index (χ1) is 32.9. The van der Waals surface area contributed by atoms with E-state index in [4.69, 9.17) is 0 Å². The van der Waals surface area contributed by atoms with E-state index in [0.717, 1.165) is 32.1 Å². The molecule has 7 amide bonds. The van der Waals surface area contributed by atoms with Gasteiger partial charge in [0.2, 0.25) is 35.4 Å². The Labute approximate surface area is 401 Å². The maximum atomic E-state index is 14.2. The third-order valence-electron chi connectivity index (χ3n) is 12.2. The van der Waals surface area contributed by atoms with Gasteiger partial charge in [-0.2, -0.15) is 0 Å². The van der Waals surface area contributed by atoms with Crippen molar-refractivity contribution in [3.8, 4) is 5.75 Å². The van der Waals surface area contributed by atoms with Gasteiger partial charge in [-0.25, -0.2) is 4.79 Å². The minimum absolute atomic E-state index is 0.0232. The molecule has 2 fully saturated rings. The van der Waals surface area contributed by atoms with E-state index in [0.29, 0.717) is 24.8 Å². The van der Waals surface area contributed by atoms with E-state index < -0.39 is 108 Å². The number of hydrogen-bond donors (Lipinski definition) is 9. The van der Waals surface area contributed by atoms with Crippen LogP contribution in [-0.4, -0.2) is 133 Å². The number of unbranched alkanes of at least 4 members (excludes halogenated alkanes) is 4. The third-order valence-corrected chi connectivity index (χ3v) is 12.2. The highest BCUT2D eigenvalue weighted by Crippen LogP contribution is 2.23. The van der Waals surface area contributed by atoms with E-state index in [2.05, 4.69) is 33.5 Å². The fraction of sp³-hybridized carbons (Fsp3) is 0.531. The van der Waals surface area contributed by atoms with E-state index in [1.165, 1.54) is 54.0 Å². The quantitative estimate of drug-likeness (QED) is 0.0484. The van der Waals surface area contributed by atoms with Crippen LogP contribution in [0.2, 0.25) is 0 Å². The Bertz CT molecular complexity index is 2150. The van der Waals surface area contributed by atoms with Crippen molar-refractivity contribution in [1.29, 1.82) is 0 Å². The van der Waals surface area contributed by atoms with Crippen LogP contribution in [0.3, 0.4) is 0 Å². The molecule has 0 aromatic heterocycles. The number of nitrogens with zero attached hydrogens (tertiary/aromatic N) is 2. The van der Waals surface area contributed by atoms with Crippen molar-refractivity contribution in [1.82, 2.24) is 36.4 Å². The molecule has 0 bridgehead atoms. The second-order valence-electron chi connectivity index (χ2n) is 17.5. The van der Waals surface area contributed by atoms with E-state index in [9.17, 15) is 63.6 Å². The van der Waals surface area contributed by atoms with E-state index >= 15 is 0 Å². The van der Waals surface area contributed by atoms with Crippen molar-refractivity contribution in [3.63, 3.8) is 0 Å². The number of carbonyl (C=O) groups excluding carboxylic acids is 7. The standard InChI is InChI=1S/C49H67N7O13/c1-4-6-7-8-12-17-34(58)29-40(59)51-35(5-2)47(66)55-26-13-18-38(55)45(64)52-36(24-25-41(60)61)44(63)50-30(3)43(62)54-42(32-20-22-33(57)23-21-32)46(65)53-37(28-31-15-10-9-11-16-31)48(67)56-27-14-19-39(56)49(68)69/h5,9-11,15-16,20-23,30,34,36-39,42,57-58H,4,6-8,12-14,17-19,24-29H2,1-3H3,(H,50,63)(H,51,59)(H,52,64)(H,53,65)(H,54,62)(H,60,61)(H,68,69)/b35-5-/t30-,34+,36-,37-,38+,39-,42+/m0/s1. The number of likely N-dealkylation sites (tertiary alicyclic amines) is 2. The summed E-state index contributed by atoms with van der Waals surface area (Å²) in [6.07, 6.45) is 5.82.